The van der Waals surface area contributed by atoms with Crippen LogP contribution < -0.4 is 9.79 Å². The molecule has 2 rings (SSSR count). The number of carbonyl (C=O) groups is 4. The fraction of sp³-hybridized carbons (Fsp3) is 0.962. The van der Waals surface area contributed by atoms with Crippen molar-refractivity contribution in [1.29, 1.82) is 0 Å². The zero-order chi connectivity index (χ0) is 91.5. The molecule has 8 atom stereocenters. The van der Waals surface area contributed by atoms with Crippen molar-refractivity contribution in [2.24, 2.45) is 0 Å². The van der Waals surface area contributed by atoms with E-state index < -0.39 is 77.2 Å². The van der Waals surface area contributed by atoms with Crippen molar-refractivity contribution in [3.8, 4) is 0 Å². The summed E-state index contributed by atoms with van der Waals surface area (Å²) in [6.07, 6.45) is 89.6. The Bertz CT molecular complexity index is 2290. The maximum Gasteiger partial charge on any atom is 2.00 e. The second kappa shape index (κ2) is 96.9. The molecule has 0 bridgehead atoms. The fourth-order valence-electron chi connectivity index (χ4n) is 16.6. The van der Waals surface area contributed by atoms with Gasteiger partial charge in [0, 0.05) is 25.7 Å². The molecule has 0 aromatic heterocycles. The second-order valence-electron chi connectivity index (χ2n) is 37.3. The van der Waals surface area contributed by atoms with Crippen LogP contribution in [0.4, 0.5) is 0 Å². The molecule has 127 heavy (non-hydrogen) atoms. The molecule has 2 heterocycles. The molecule has 748 valence electrons. The third kappa shape index (κ3) is 90.1. The first-order valence-electron chi connectivity index (χ1n) is 54.0. The van der Waals surface area contributed by atoms with Crippen LogP contribution in [0.2, 0.25) is 0 Å². The van der Waals surface area contributed by atoms with E-state index in [-0.39, 0.29) is 116 Å². The van der Waals surface area contributed by atoms with Crippen molar-refractivity contribution >= 4 is 77.3 Å². The predicted octanol–water partition coefficient (Wildman–Crippen LogP) is 30.3. The zero-order valence-corrected chi connectivity index (χ0v) is 87.5. The Balaban J connectivity index is 0.00000248. The van der Waals surface area contributed by atoms with Gasteiger partial charge in [0.2, 0.25) is 0 Å². The number of unbranched alkanes of at least 4 members (excludes halogenated alkanes) is 68. The number of hydrogen-bond donors (Lipinski definition) is 0. The van der Waals surface area contributed by atoms with Gasteiger partial charge in [0.25, 0.3) is 15.6 Å². The minimum atomic E-state index is -4.77. The van der Waals surface area contributed by atoms with Gasteiger partial charge in [-0.2, -0.15) is 0 Å². The topological polar surface area (TPSA) is 259 Å². The normalized spacial score (nSPS) is 16.5. The summed E-state index contributed by atoms with van der Waals surface area (Å²) in [5, 5.41) is 0. The van der Waals surface area contributed by atoms with Crippen LogP contribution in [0, 0.1) is 0 Å². The fourth-order valence-corrected chi connectivity index (χ4v) is 18.1. The summed E-state index contributed by atoms with van der Waals surface area (Å²) < 4.78 is 91.6. The Hall–Kier alpha value is -0.800. The average Bonchev–Trinajstić information content (AvgIpc) is 1.87. The summed E-state index contributed by atoms with van der Waals surface area (Å²) >= 11 is 0. The first-order chi connectivity index (χ1) is 61.6. The number of ether oxygens (including phenoxy) is 8. The third-order valence-corrected chi connectivity index (χ3v) is 26.6. The Morgan fingerprint density at radius 3 is 0.646 bits per heavy atom. The molecule has 0 radical (unpaired) electrons. The Morgan fingerprint density at radius 1 is 0.260 bits per heavy atom. The number of esters is 4. The van der Waals surface area contributed by atoms with Gasteiger partial charge in [-0.15, -0.1) is 0 Å². The molecule has 6 unspecified atom stereocenters. The Morgan fingerprint density at radius 2 is 0.441 bits per heavy atom. The summed E-state index contributed by atoms with van der Waals surface area (Å²) in [4.78, 5) is 76.3. The van der Waals surface area contributed by atoms with Crippen LogP contribution in [0.15, 0.2) is 0 Å². The molecule has 2 saturated heterocycles. The van der Waals surface area contributed by atoms with Gasteiger partial charge in [0.15, 0.2) is 24.8 Å². The molecule has 0 aromatic rings. The van der Waals surface area contributed by atoms with Crippen molar-refractivity contribution in [2.45, 2.75) is 592 Å². The van der Waals surface area contributed by atoms with Gasteiger partial charge >= 0.3 is 61.6 Å². The van der Waals surface area contributed by atoms with E-state index in [4.69, 9.17) is 56.0 Å². The Kier molecular flexibility index (Phi) is 96.3. The van der Waals surface area contributed by atoms with Gasteiger partial charge in [0.1, 0.15) is 25.4 Å². The van der Waals surface area contributed by atoms with E-state index >= 15 is 0 Å². The van der Waals surface area contributed by atoms with Gasteiger partial charge < -0.3 is 65.8 Å². The van der Waals surface area contributed by atoms with E-state index in [9.17, 15) is 38.1 Å². The first kappa shape index (κ1) is 126. The van der Waals surface area contributed by atoms with Crippen molar-refractivity contribution in [3.63, 3.8) is 0 Å². The molecule has 2 fully saturated rings. The molecular weight excluding hydrogens is 1670 g/mol. The van der Waals surface area contributed by atoms with Gasteiger partial charge in [0.05, 0.1) is 39.6 Å². The van der Waals surface area contributed by atoms with Crippen LogP contribution in [-0.4, -0.2) is 151 Å². The molecule has 0 aliphatic carbocycles. The molecule has 2 aliphatic rings. The maximum absolute atomic E-state index is 12.8. The van der Waals surface area contributed by atoms with Crippen LogP contribution in [0.25, 0.3) is 0 Å². The maximum atomic E-state index is 12.8. The van der Waals surface area contributed by atoms with E-state index in [0.717, 1.165) is 116 Å². The molecule has 0 amide bonds. The van der Waals surface area contributed by atoms with Crippen LogP contribution in [-0.2, 0) is 84.3 Å². The van der Waals surface area contributed by atoms with E-state index in [0.29, 0.717) is 12.8 Å². The minimum absolute atomic E-state index is 0. The Labute approximate surface area is 810 Å². The molecule has 0 N–H and O–H groups in total. The van der Waals surface area contributed by atoms with Crippen LogP contribution in [0.1, 0.15) is 555 Å². The second-order valence-corrected chi connectivity index (χ2v) is 40.1. The predicted molar refractivity (Wildman–Crippen MR) is 519 cm³/mol. The first-order valence-corrected chi connectivity index (χ1v) is 56.9. The minimum Gasteiger partial charge on any atom is -0.756 e. The summed E-state index contributed by atoms with van der Waals surface area (Å²) in [5.41, 5.74) is 0. The summed E-state index contributed by atoms with van der Waals surface area (Å²) in [6.45, 7) is 12.0. The zero-order valence-electron chi connectivity index (χ0n) is 83.5. The molecule has 2 aliphatic heterocycles. The standard InChI is InChI=1S/2C52H101O10P.Ca/c2*1-4-7-10-13-16-19-22-23-24-25-28-31-34-37-40-43-52-58-45-49(62-52)47-60-63(55,56)59-46-48(61-51(54)42-39-36-33-30-27-21-18-15-12-9-6-3)44-57-50(53)41-38-35-32-29-26-20-17-14-11-8-5-2;/h2*48-49,52H,4-47H2,1-3H3,(H,55,56);/q;;+2/p-2/t2*48-,49?,52?;/m11./s1. The SMILES string of the molecule is CCCCCCCCCCCCCCCCCC1OCC(COP(=O)([O-])OC[C@@H](COC(=O)CCCCCCCCCCCCC)OC(=O)CCCCCCCCCCCCC)O1.CCCCCCCCCCCCCCCCCC1OCC(COP(=O)([O-])OC[C@@H](COC(=O)CCCCCCCCCCCCC)OC(=O)CCCCCCCCCCCCC)O1.[Ca+2]. The van der Waals surface area contributed by atoms with Crippen LogP contribution in [0.5, 0.6) is 0 Å². The van der Waals surface area contributed by atoms with Crippen molar-refractivity contribution in [3.05, 3.63) is 0 Å². The van der Waals surface area contributed by atoms with Crippen molar-refractivity contribution in [1.82, 2.24) is 0 Å². The van der Waals surface area contributed by atoms with Gasteiger partial charge in [-0.05, 0) is 51.4 Å². The van der Waals surface area contributed by atoms with Crippen LogP contribution >= 0.6 is 15.6 Å². The summed E-state index contributed by atoms with van der Waals surface area (Å²) in [7, 11) is -9.54. The number of hydrogen-bond acceptors (Lipinski definition) is 20. The van der Waals surface area contributed by atoms with Gasteiger partial charge in [-0.1, -0.05) is 478 Å². The van der Waals surface area contributed by atoms with Crippen LogP contribution in [0.3, 0.4) is 0 Å². The number of carbonyl (C=O) groups excluding carboxylic acids is 4. The molecule has 0 spiro atoms. The molecule has 0 saturated carbocycles. The average molecular weight is 1870 g/mol. The van der Waals surface area contributed by atoms with E-state index in [1.807, 2.05) is 0 Å². The number of phosphoric ester groups is 2. The monoisotopic (exact) mass is 1870 g/mol. The van der Waals surface area contributed by atoms with E-state index in [1.165, 1.54) is 360 Å². The van der Waals surface area contributed by atoms with E-state index in [1.54, 1.807) is 0 Å². The summed E-state index contributed by atoms with van der Waals surface area (Å²) in [6, 6.07) is 0. The summed E-state index contributed by atoms with van der Waals surface area (Å²) in [5.74, 6) is -1.70. The third-order valence-electron chi connectivity index (χ3n) is 24.8. The largest absolute Gasteiger partial charge is 2.00 e. The molecule has 20 nitrogen and oxygen atoms in total. The van der Waals surface area contributed by atoms with Gasteiger partial charge in [-0.3, -0.25) is 28.3 Å². The van der Waals surface area contributed by atoms with Crippen molar-refractivity contribution < 1.29 is 94.1 Å². The smallest absolute Gasteiger partial charge is 0.756 e. The molecule has 0 aromatic carbocycles. The molecule has 23 heteroatoms. The molecular formula is C104H200CaO20P2. The number of phosphoric acid groups is 2. The number of rotatable bonds is 98. The van der Waals surface area contributed by atoms with Gasteiger partial charge in [-0.25, -0.2) is 0 Å². The van der Waals surface area contributed by atoms with E-state index in [2.05, 4.69) is 41.5 Å². The van der Waals surface area contributed by atoms with Crippen molar-refractivity contribution in [2.75, 3.05) is 52.9 Å². The quantitative estimate of drug-likeness (QED) is 0.0180.